The Morgan fingerprint density at radius 1 is 1.10 bits per heavy atom. The SMILES string of the molecule is O=C(NCCc1c(C(F)(F)F)[nH]c2c(Cl)cccc12)c1cc2cc(F)ccc2[nH]1. The Hall–Kier alpha value is -3.00. The van der Waals surface area contributed by atoms with E-state index in [4.69, 9.17) is 11.6 Å². The Morgan fingerprint density at radius 3 is 2.66 bits per heavy atom. The average molecular weight is 424 g/mol. The maximum Gasteiger partial charge on any atom is 0.431 e. The van der Waals surface area contributed by atoms with Gasteiger partial charge in [-0.3, -0.25) is 4.79 Å². The lowest BCUT2D eigenvalue weighted by Crippen LogP contribution is -2.26. The first-order chi connectivity index (χ1) is 13.7. The van der Waals surface area contributed by atoms with E-state index in [1.165, 1.54) is 30.3 Å². The molecular formula is C20H14ClF4N3O. The van der Waals surface area contributed by atoms with Gasteiger partial charge in [0.15, 0.2) is 0 Å². The van der Waals surface area contributed by atoms with Gasteiger partial charge < -0.3 is 15.3 Å². The Bertz CT molecular complexity index is 1230. The fraction of sp³-hybridized carbons (Fsp3) is 0.150. The summed E-state index contributed by atoms with van der Waals surface area (Å²) in [6.07, 6.45) is -4.63. The van der Waals surface area contributed by atoms with E-state index in [9.17, 15) is 22.4 Å². The molecule has 3 N–H and O–H groups in total. The summed E-state index contributed by atoms with van der Waals surface area (Å²) in [4.78, 5) is 17.6. The van der Waals surface area contributed by atoms with Crippen LogP contribution >= 0.6 is 11.6 Å². The highest BCUT2D eigenvalue weighted by Crippen LogP contribution is 2.37. The zero-order valence-electron chi connectivity index (χ0n) is 14.8. The van der Waals surface area contributed by atoms with Crippen LogP contribution in [0.3, 0.4) is 0 Å². The highest BCUT2D eigenvalue weighted by atomic mass is 35.5. The molecule has 4 rings (SSSR count). The first kappa shape index (κ1) is 19.3. The average Bonchev–Trinajstić information content (AvgIpc) is 3.23. The number of para-hydroxylation sites is 1. The van der Waals surface area contributed by atoms with Gasteiger partial charge in [0.25, 0.3) is 5.91 Å². The summed E-state index contributed by atoms with van der Waals surface area (Å²) in [5.74, 6) is -0.922. The number of alkyl halides is 3. The minimum atomic E-state index is -4.58. The van der Waals surface area contributed by atoms with Crippen molar-refractivity contribution in [3.05, 3.63) is 70.3 Å². The van der Waals surface area contributed by atoms with Gasteiger partial charge in [-0.05, 0) is 42.3 Å². The molecule has 0 saturated carbocycles. The standard InChI is InChI=1S/C20H14ClF4N3O/c21-14-3-1-2-12-13(18(20(23,24)25)28-17(12)14)6-7-26-19(29)16-9-10-8-11(22)4-5-15(10)27-16/h1-5,8-9,27-28H,6-7H2,(H,26,29). The predicted octanol–water partition coefficient (Wildman–Crippen LogP) is 5.43. The van der Waals surface area contributed by atoms with Gasteiger partial charge >= 0.3 is 6.18 Å². The van der Waals surface area contributed by atoms with E-state index in [1.807, 2.05) is 0 Å². The number of carbonyl (C=O) groups excluding carboxylic acids is 1. The van der Waals surface area contributed by atoms with Crippen LogP contribution in [0.4, 0.5) is 17.6 Å². The van der Waals surface area contributed by atoms with Crippen LogP contribution in [0.1, 0.15) is 21.7 Å². The first-order valence-corrected chi connectivity index (χ1v) is 9.04. The number of fused-ring (bicyclic) bond motifs is 2. The van der Waals surface area contributed by atoms with E-state index in [0.29, 0.717) is 16.3 Å². The number of H-pyrrole nitrogens is 2. The minimum Gasteiger partial charge on any atom is -0.351 e. The molecule has 1 amide bonds. The molecule has 0 bridgehead atoms. The number of nitrogens with one attached hydrogen (secondary N) is 3. The number of aromatic nitrogens is 2. The summed E-state index contributed by atoms with van der Waals surface area (Å²) < 4.78 is 53.5. The number of halogens is 5. The zero-order chi connectivity index (χ0) is 20.8. The van der Waals surface area contributed by atoms with Gasteiger partial charge in [-0.2, -0.15) is 13.2 Å². The molecule has 0 aliphatic heterocycles. The van der Waals surface area contributed by atoms with Gasteiger partial charge in [-0.25, -0.2) is 4.39 Å². The molecule has 2 aromatic heterocycles. The molecule has 0 spiro atoms. The second kappa shape index (κ2) is 7.11. The Labute approximate surface area is 166 Å². The monoisotopic (exact) mass is 423 g/mol. The fourth-order valence-corrected chi connectivity index (χ4v) is 3.58. The Kier molecular flexibility index (Phi) is 4.74. The van der Waals surface area contributed by atoms with Crippen LogP contribution in [0.25, 0.3) is 21.8 Å². The molecule has 2 aromatic carbocycles. The molecule has 9 heteroatoms. The van der Waals surface area contributed by atoms with Crippen molar-refractivity contribution in [2.45, 2.75) is 12.6 Å². The third-order valence-electron chi connectivity index (χ3n) is 4.66. The van der Waals surface area contributed by atoms with Crippen molar-refractivity contribution in [1.29, 1.82) is 0 Å². The van der Waals surface area contributed by atoms with Gasteiger partial charge in [0.2, 0.25) is 0 Å². The van der Waals surface area contributed by atoms with Crippen molar-refractivity contribution >= 4 is 39.3 Å². The molecule has 0 saturated heterocycles. The molecule has 4 aromatic rings. The van der Waals surface area contributed by atoms with Crippen LogP contribution in [0.5, 0.6) is 0 Å². The number of rotatable bonds is 4. The molecule has 0 unspecified atom stereocenters. The number of amides is 1. The predicted molar refractivity (Wildman–Crippen MR) is 103 cm³/mol. The van der Waals surface area contributed by atoms with Crippen LogP contribution in [0.2, 0.25) is 5.02 Å². The molecule has 29 heavy (non-hydrogen) atoms. The van der Waals surface area contributed by atoms with Gasteiger partial charge in [-0.15, -0.1) is 0 Å². The molecule has 2 heterocycles. The van der Waals surface area contributed by atoms with E-state index >= 15 is 0 Å². The normalized spacial score (nSPS) is 12.0. The highest BCUT2D eigenvalue weighted by Gasteiger charge is 2.36. The van der Waals surface area contributed by atoms with Crippen LogP contribution < -0.4 is 5.32 Å². The van der Waals surface area contributed by atoms with Crippen molar-refractivity contribution in [3.63, 3.8) is 0 Å². The molecule has 0 aliphatic carbocycles. The molecule has 0 fully saturated rings. The zero-order valence-corrected chi connectivity index (χ0v) is 15.5. The largest absolute Gasteiger partial charge is 0.431 e. The third-order valence-corrected chi connectivity index (χ3v) is 4.98. The topological polar surface area (TPSA) is 60.7 Å². The molecule has 0 aliphatic rings. The number of hydrogen-bond acceptors (Lipinski definition) is 1. The Balaban J connectivity index is 1.55. The minimum absolute atomic E-state index is 0.0227. The summed E-state index contributed by atoms with van der Waals surface area (Å²) in [5, 5.41) is 3.67. The molecule has 150 valence electrons. The number of benzene rings is 2. The van der Waals surface area contributed by atoms with E-state index in [2.05, 4.69) is 15.3 Å². The fourth-order valence-electron chi connectivity index (χ4n) is 3.36. The van der Waals surface area contributed by atoms with Crippen molar-refractivity contribution < 1.29 is 22.4 Å². The van der Waals surface area contributed by atoms with Gasteiger partial charge in [0, 0.05) is 22.8 Å². The maximum absolute atomic E-state index is 13.4. The summed E-state index contributed by atoms with van der Waals surface area (Å²) in [5.41, 5.74) is 0.149. The molecule has 4 nitrogen and oxygen atoms in total. The van der Waals surface area contributed by atoms with Crippen molar-refractivity contribution in [3.8, 4) is 0 Å². The lowest BCUT2D eigenvalue weighted by Gasteiger charge is -2.09. The molecule has 0 atom stereocenters. The lowest BCUT2D eigenvalue weighted by molar-refractivity contribution is -0.141. The van der Waals surface area contributed by atoms with Gasteiger partial charge in [0.05, 0.1) is 10.5 Å². The van der Waals surface area contributed by atoms with Crippen molar-refractivity contribution in [2.75, 3.05) is 6.54 Å². The van der Waals surface area contributed by atoms with Crippen molar-refractivity contribution in [2.24, 2.45) is 0 Å². The summed E-state index contributed by atoms with van der Waals surface area (Å²) >= 11 is 6.01. The number of carbonyl (C=O) groups is 1. The lowest BCUT2D eigenvalue weighted by atomic mass is 10.1. The maximum atomic E-state index is 13.4. The second-order valence-corrected chi connectivity index (χ2v) is 6.97. The summed E-state index contributed by atoms with van der Waals surface area (Å²) in [6, 6.07) is 10.2. The Morgan fingerprint density at radius 2 is 1.90 bits per heavy atom. The number of aromatic amines is 2. The van der Waals surface area contributed by atoms with Crippen molar-refractivity contribution in [1.82, 2.24) is 15.3 Å². The van der Waals surface area contributed by atoms with Crippen LogP contribution in [-0.2, 0) is 12.6 Å². The van der Waals surface area contributed by atoms with E-state index in [1.54, 1.807) is 12.1 Å². The first-order valence-electron chi connectivity index (χ1n) is 8.67. The summed E-state index contributed by atoms with van der Waals surface area (Å²) in [7, 11) is 0. The van der Waals surface area contributed by atoms with Gasteiger partial charge in [0.1, 0.15) is 17.2 Å². The summed E-state index contributed by atoms with van der Waals surface area (Å²) in [6.45, 7) is -0.0227. The smallest absolute Gasteiger partial charge is 0.351 e. The quantitative estimate of drug-likeness (QED) is 0.376. The van der Waals surface area contributed by atoms with Gasteiger partial charge in [-0.1, -0.05) is 23.7 Å². The highest BCUT2D eigenvalue weighted by molar-refractivity contribution is 6.35. The molecular weight excluding hydrogens is 410 g/mol. The van der Waals surface area contributed by atoms with Crippen LogP contribution in [0.15, 0.2) is 42.5 Å². The third kappa shape index (κ3) is 3.67. The second-order valence-electron chi connectivity index (χ2n) is 6.56. The van der Waals surface area contributed by atoms with E-state index < -0.39 is 23.6 Å². The van der Waals surface area contributed by atoms with E-state index in [-0.39, 0.29) is 34.8 Å². The number of hydrogen-bond donors (Lipinski definition) is 3. The van der Waals surface area contributed by atoms with E-state index in [0.717, 1.165) is 0 Å². The van der Waals surface area contributed by atoms with Crippen LogP contribution in [0, 0.1) is 5.82 Å². The molecule has 0 radical (unpaired) electrons. The van der Waals surface area contributed by atoms with Crippen LogP contribution in [-0.4, -0.2) is 22.4 Å².